The lowest BCUT2D eigenvalue weighted by Gasteiger charge is -2.59. The third-order valence-corrected chi connectivity index (χ3v) is 4.37. The van der Waals surface area contributed by atoms with Crippen molar-refractivity contribution in [1.82, 2.24) is 9.97 Å². The van der Waals surface area contributed by atoms with Gasteiger partial charge in [-0.25, -0.2) is 9.97 Å². The molecule has 1 aliphatic rings. The molecule has 1 saturated carbocycles. The molecule has 2 rings (SSSR count). The van der Waals surface area contributed by atoms with E-state index in [1.165, 1.54) is 6.20 Å². The van der Waals surface area contributed by atoms with Gasteiger partial charge in [-0.2, -0.15) is 5.26 Å². The Morgan fingerprint density at radius 2 is 2.11 bits per heavy atom. The van der Waals surface area contributed by atoms with Crippen LogP contribution in [0.4, 0.5) is 5.82 Å². The maximum atomic E-state index is 8.66. The first kappa shape index (κ1) is 12.8. The summed E-state index contributed by atoms with van der Waals surface area (Å²) in [7, 11) is 1.75. The van der Waals surface area contributed by atoms with Gasteiger partial charge in [-0.15, -0.1) is 0 Å². The number of hydrogen-bond acceptors (Lipinski definition) is 5. The summed E-state index contributed by atoms with van der Waals surface area (Å²) in [5.74, 6) is 0.699. The van der Waals surface area contributed by atoms with E-state index in [4.69, 9.17) is 10.00 Å². The van der Waals surface area contributed by atoms with Crippen molar-refractivity contribution in [3.8, 4) is 6.07 Å². The lowest BCUT2D eigenvalue weighted by atomic mass is 9.56. The van der Waals surface area contributed by atoms with Crippen LogP contribution in [0.2, 0.25) is 0 Å². The van der Waals surface area contributed by atoms with Gasteiger partial charge in [0.2, 0.25) is 0 Å². The second kappa shape index (κ2) is 4.21. The number of nitrogens with zero attached hydrogens (tertiary/aromatic N) is 3. The molecule has 0 bridgehead atoms. The Balaban J connectivity index is 2.06. The zero-order valence-electron chi connectivity index (χ0n) is 11.2. The number of rotatable bonds is 3. The fourth-order valence-corrected chi connectivity index (χ4v) is 2.36. The van der Waals surface area contributed by atoms with Gasteiger partial charge in [-0.05, 0) is 13.3 Å². The van der Waals surface area contributed by atoms with E-state index in [1.807, 2.05) is 6.07 Å². The van der Waals surface area contributed by atoms with Crippen molar-refractivity contribution in [3.63, 3.8) is 0 Å². The second-order valence-corrected chi connectivity index (χ2v) is 5.46. The average Bonchev–Trinajstić information content (AvgIpc) is 2.38. The standard InChI is InChI=1S/C13H18N4O/c1-12(2)10(5-13(12,3)18-4)17-11-8-15-9(6-14)7-16-11/h7-8,10H,5H2,1-4H3,(H,16,17). The molecule has 1 aromatic heterocycles. The van der Waals surface area contributed by atoms with Crippen molar-refractivity contribution >= 4 is 5.82 Å². The summed E-state index contributed by atoms with van der Waals surface area (Å²) >= 11 is 0. The zero-order valence-corrected chi connectivity index (χ0v) is 11.2. The lowest BCUT2D eigenvalue weighted by molar-refractivity contribution is -0.166. The second-order valence-electron chi connectivity index (χ2n) is 5.46. The number of nitriles is 1. The summed E-state index contributed by atoms with van der Waals surface area (Å²) < 4.78 is 5.57. The minimum absolute atomic E-state index is 0.0251. The molecule has 0 radical (unpaired) electrons. The van der Waals surface area contributed by atoms with E-state index in [0.29, 0.717) is 17.6 Å². The molecule has 5 heteroatoms. The van der Waals surface area contributed by atoms with E-state index in [1.54, 1.807) is 13.3 Å². The highest BCUT2D eigenvalue weighted by Gasteiger charge is 2.57. The van der Waals surface area contributed by atoms with Gasteiger partial charge in [-0.3, -0.25) is 0 Å². The summed E-state index contributed by atoms with van der Waals surface area (Å²) in [5, 5.41) is 12.0. The number of anilines is 1. The van der Waals surface area contributed by atoms with Gasteiger partial charge in [0.15, 0.2) is 5.69 Å². The van der Waals surface area contributed by atoms with Gasteiger partial charge in [-0.1, -0.05) is 13.8 Å². The minimum atomic E-state index is -0.106. The molecule has 96 valence electrons. The first-order chi connectivity index (χ1) is 8.43. The molecule has 0 amide bonds. The fraction of sp³-hybridized carbons (Fsp3) is 0.615. The van der Waals surface area contributed by atoms with Gasteiger partial charge in [0.1, 0.15) is 11.9 Å². The Morgan fingerprint density at radius 3 is 2.56 bits per heavy atom. The maximum Gasteiger partial charge on any atom is 0.158 e. The molecule has 1 heterocycles. The highest BCUT2D eigenvalue weighted by atomic mass is 16.5. The third kappa shape index (κ3) is 1.83. The van der Waals surface area contributed by atoms with Crippen LogP contribution in [0, 0.1) is 16.7 Å². The molecule has 1 aliphatic carbocycles. The molecular weight excluding hydrogens is 228 g/mol. The molecule has 2 atom stereocenters. The van der Waals surface area contributed by atoms with Crippen LogP contribution in [-0.4, -0.2) is 28.7 Å². The lowest BCUT2D eigenvalue weighted by Crippen LogP contribution is -2.65. The Labute approximate surface area is 107 Å². The highest BCUT2D eigenvalue weighted by Crippen LogP contribution is 2.52. The Hall–Kier alpha value is -1.67. The zero-order chi connectivity index (χ0) is 13.4. The number of ether oxygens (including phenoxy) is 1. The molecule has 1 aromatic rings. The first-order valence-corrected chi connectivity index (χ1v) is 5.97. The summed E-state index contributed by atoms with van der Waals surface area (Å²) in [6, 6.07) is 2.25. The predicted octanol–water partition coefficient (Wildman–Crippen LogP) is 1.96. The molecule has 2 unspecified atom stereocenters. The van der Waals surface area contributed by atoms with E-state index < -0.39 is 0 Å². The van der Waals surface area contributed by atoms with Gasteiger partial charge in [0.05, 0.1) is 18.0 Å². The molecule has 5 nitrogen and oxygen atoms in total. The van der Waals surface area contributed by atoms with Crippen molar-refractivity contribution in [2.24, 2.45) is 5.41 Å². The molecule has 0 spiro atoms. The Morgan fingerprint density at radius 1 is 1.39 bits per heavy atom. The van der Waals surface area contributed by atoms with Crippen molar-refractivity contribution in [3.05, 3.63) is 18.1 Å². The van der Waals surface area contributed by atoms with Crippen LogP contribution < -0.4 is 5.32 Å². The molecule has 1 N–H and O–H groups in total. The smallest absolute Gasteiger partial charge is 0.158 e. The van der Waals surface area contributed by atoms with Gasteiger partial charge >= 0.3 is 0 Å². The maximum absolute atomic E-state index is 8.66. The molecule has 0 saturated heterocycles. The van der Waals surface area contributed by atoms with E-state index >= 15 is 0 Å². The van der Waals surface area contributed by atoms with Crippen molar-refractivity contribution < 1.29 is 4.74 Å². The number of aromatic nitrogens is 2. The van der Waals surface area contributed by atoms with E-state index in [-0.39, 0.29) is 11.0 Å². The fourth-order valence-electron chi connectivity index (χ4n) is 2.36. The topological polar surface area (TPSA) is 70.8 Å². The van der Waals surface area contributed by atoms with Crippen LogP contribution in [-0.2, 0) is 4.74 Å². The van der Waals surface area contributed by atoms with Crippen LogP contribution in [0.15, 0.2) is 12.4 Å². The van der Waals surface area contributed by atoms with Crippen LogP contribution in [0.3, 0.4) is 0 Å². The van der Waals surface area contributed by atoms with Gasteiger partial charge in [0.25, 0.3) is 0 Å². The molecule has 1 fully saturated rings. The van der Waals surface area contributed by atoms with E-state index in [9.17, 15) is 0 Å². The molecule has 0 aliphatic heterocycles. The van der Waals surface area contributed by atoms with Gasteiger partial charge < -0.3 is 10.1 Å². The number of methoxy groups -OCH3 is 1. The van der Waals surface area contributed by atoms with Crippen LogP contribution in [0.25, 0.3) is 0 Å². The van der Waals surface area contributed by atoms with Crippen molar-refractivity contribution in [1.29, 1.82) is 5.26 Å². The highest BCUT2D eigenvalue weighted by molar-refractivity contribution is 5.37. The third-order valence-electron chi connectivity index (χ3n) is 4.37. The summed E-state index contributed by atoms with van der Waals surface area (Å²) in [6.07, 6.45) is 4.00. The minimum Gasteiger partial charge on any atom is -0.378 e. The quantitative estimate of drug-likeness (QED) is 0.882. The van der Waals surface area contributed by atoms with Crippen molar-refractivity contribution in [2.45, 2.75) is 38.8 Å². The molecular formula is C13H18N4O. The SMILES string of the molecule is COC1(C)CC(Nc2cnc(C#N)cn2)C1(C)C. The molecule has 18 heavy (non-hydrogen) atoms. The van der Waals surface area contributed by atoms with Crippen LogP contribution >= 0.6 is 0 Å². The monoisotopic (exact) mass is 246 g/mol. The van der Waals surface area contributed by atoms with Gasteiger partial charge in [0, 0.05) is 18.6 Å². The van der Waals surface area contributed by atoms with Crippen LogP contribution in [0.5, 0.6) is 0 Å². The number of hydrogen-bond donors (Lipinski definition) is 1. The van der Waals surface area contributed by atoms with Crippen LogP contribution in [0.1, 0.15) is 32.9 Å². The summed E-state index contributed by atoms with van der Waals surface area (Å²) in [6.45, 7) is 6.47. The Bertz CT molecular complexity index is 477. The predicted molar refractivity (Wildman–Crippen MR) is 68.0 cm³/mol. The first-order valence-electron chi connectivity index (χ1n) is 5.97. The summed E-state index contributed by atoms with van der Waals surface area (Å²) in [4.78, 5) is 8.17. The normalized spacial score (nSPS) is 29.2. The molecule has 0 aromatic carbocycles. The van der Waals surface area contributed by atoms with E-state index in [0.717, 1.165) is 6.42 Å². The number of nitrogens with one attached hydrogen (secondary N) is 1. The average molecular weight is 246 g/mol. The largest absolute Gasteiger partial charge is 0.378 e. The Kier molecular flexibility index (Phi) is 2.99. The van der Waals surface area contributed by atoms with E-state index in [2.05, 4.69) is 36.1 Å². The van der Waals surface area contributed by atoms with Crippen molar-refractivity contribution in [2.75, 3.05) is 12.4 Å². The summed E-state index contributed by atoms with van der Waals surface area (Å²) in [5.41, 5.74) is 0.248.